The number of hydrogen-bond donors (Lipinski definition) is 1. The zero-order valence-corrected chi connectivity index (χ0v) is 10.4. The highest BCUT2D eigenvalue weighted by Gasteiger charge is 2.06. The molecular weight excluding hydrogens is 214 g/mol. The number of para-hydroxylation sites is 1. The third-order valence-corrected chi connectivity index (χ3v) is 2.71. The molecule has 0 fully saturated rings. The average molecular weight is 231 g/mol. The van der Waals surface area contributed by atoms with Gasteiger partial charge < -0.3 is 9.73 Å². The van der Waals surface area contributed by atoms with Gasteiger partial charge in [-0.3, -0.25) is 0 Å². The van der Waals surface area contributed by atoms with Gasteiger partial charge >= 0.3 is 0 Å². The van der Waals surface area contributed by atoms with Gasteiger partial charge in [0.15, 0.2) is 0 Å². The average Bonchev–Trinajstić information content (AvgIpc) is 2.76. The monoisotopic (exact) mass is 231 g/mol. The second-order valence-electron chi connectivity index (χ2n) is 4.06. The molecule has 0 aliphatic rings. The number of benzene rings is 1. The molecule has 0 amide bonds. The van der Waals surface area contributed by atoms with E-state index in [2.05, 4.69) is 47.6 Å². The maximum Gasteiger partial charge on any atom is 0.235 e. The van der Waals surface area contributed by atoms with Crippen molar-refractivity contribution in [3.8, 4) is 0 Å². The van der Waals surface area contributed by atoms with Crippen LogP contribution >= 0.6 is 0 Å². The molecule has 2 rings (SSSR count). The lowest BCUT2D eigenvalue weighted by molar-refractivity contribution is 0.460. The zero-order valence-electron chi connectivity index (χ0n) is 10.4. The van der Waals surface area contributed by atoms with Crippen molar-refractivity contribution in [1.29, 1.82) is 0 Å². The van der Waals surface area contributed by atoms with Crippen molar-refractivity contribution in [2.24, 2.45) is 0 Å². The molecule has 0 spiro atoms. The quantitative estimate of drug-likeness (QED) is 0.879. The van der Waals surface area contributed by atoms with Crippen molar-refractivity contribution in [2.45, 2.75) is 33.7 Å². The minimum Gasteiger partial charge on any atom is -0.423 e. The molecule has 0 aliphatic heterocycles. The molecule has 0 atom stereocenters. The van der Waals surface area contributed by atoms with Crippen LogP contribution in [-0.2, 0) is 13.0 Å². The SMILES string of the molecule is CCc1nnc(CNc2c(C)cccc2C)o1. The summed E-state index contributed by atoms with van der Waals surface area (Å²) in [5, 5.41) is 11.3. The van der Waals surface area contributed by atoms with E-state index < -0.39 is 0 Å². The molecular formula is C13H17N3O. The topological polar surface area (TPSA) is 51.0 Å². The molecule has 2 aromatic rings. The lowest BCUT2D eigenvalue weighted by atomic mass is 10.1. The number of nitrogens with zero attached hydrogens (tertiary/aromatic N) is 2. The van der Waals surface area contributed by atoms with Gasteiger partial charge in [-0.25, -0.2) is 0 Å². The number of rotatable bonds is 4. The second-order valence-corrected chi connectivity index (χ2v) is 4.06. The Morgan fingerprint density at radius 2 is 1.76 bits per heavy atom. The standard InChI is InChI=1S/C13H17N3O/c1-4-11-15-16-12(17-11)8-14-13-9(2)6-5-7-10(13)3/h5-7,14H,4,8H2,1-3H3. The van der Waals surface area contributed by atoms with Crippen LogP contribution in [0.3, 0.4) is 0 Å². The minimum atomic E-state index is 0.568. The van der Waals surface area contributed by atoms with Crippen LogP contribution < -0.4 is 5.32 Å². The molecule has 0 unspecified atom stereocenters. The van der Waals surface area contributed by atoms with E-state index in [-0.39, 0.29) is 0 Å². The van der Waals surface area contributed by atoms with Crippen LogP contribution in [0.15, 0.2) is 22.6 Å². The Balaban J connectivity index is 2.07. The van der Waals surface area contributed by atoms with E-state index in [1.807, 2.05) is 6.92 Å². The summed E-state index contributed by atoms with van der Waals surface area (Å²) < 4.78 is 5.45. The molecule has 17 heavy (non-hydrogen) atoms. The number of nitrogens with one attached hydrogen (secondary N) is 1. The Morgan fingerprint density at radius 1 is 1.12 bits per heavy atom. The summed E-state index contributed by atoms with van der Waals surface area (Å²) in [4.78, 5) is 0. The Hall–Kier alpha value is -1.84. The fraction of sp³-hybridized carbons (Fsp3) is 0.385. The molecule has 1 aromatic carbocycles. The van der Waals surface area contributed by atoms with Crippen molar-refractivity contribution in [2.75, 3.05) is 5.32 Å². The van der Waals surface area contributed by atoms with Gasteiger partial charge in [-0.2, -0.15) is 0 Å². The van der Waals surface area contributed by atoms with Crippen molar-refractivity contribution >= 4 is 5.69 Å². The molecule has 0 saturated heterocycles. The van der Waals surface area contributed by atoms with Gasteiger partial charge in [0.2, 0.25) is 11.8 Å². The summed E-state index contributed by atoms with van der Waals surface area (Å²) in [6, 6.07) is 6.22. The Labute approximate surface area is 101 Å². The van der Waals surface area contributed by atoms with E-state index in [9.17, 15) is 0 Å². The van der Waals surface area contributed by atoms with Gasteiger partial charge in [-0.15, -0.1) is 10.2 Å². The lowest BCUT2D eigenvalue weighted by Gasteiger charge is -2.10. The second kappa shape index (κ2) is 4.99. The van der Waals surface area contributed by atoms with Gasteiger partial charge in [0.05, 0.1) is 6.54 Å². The largest absolute Gasteiger partial charge is 0.423 e. The molecule has 0 saturated carbocycles. The van der Waals surface area contributed by atoms with E-state index in [1.54, 1.807) is 0 Å². The highest BCUT2D eigenvalue weighted by Crippen LogP contribution is 2.19. The Morgan fingerprint density at radius 3 is 2.35 bits per heavy atom. The maximum absolute atomic E-state index is 5.45. The highest BCUT2D eigenvalue weighted by molar-refractivity contribution is 5.56. The third kappa shape index (κ3) is 2.64. The number of aryl methyl sites for hydroxylation is 3. The third-order valence-electron chi connectivity index (χ3n) is 2.71. The summed E-state index contributed by atoms with van der Waals surface area (Å²) in [5.41, 5.74) is 3.59. The van der Waals surface area contributed by atoms with E-state index in [4.69, 9.17) is 4.42 Å². The zero-order chi connectivity index (χ0) is 12.3. The minimum absolute atomic E-state index is 0.568. The van der Waals surface area contributed by atoms with Crippen LogP contribution in [0, 0.1) is 13.8 Å². The van der Waals surface area contributed by atoms with Crippen molar-refractivity contribution in [3.05, 3.63) is 41.1 Å². The van der Waals surface area contributed by atoms with Crippen LogP contribution in [-0.4, -0.2) is 10.2 Å². The smallest absolute Gasteiger partial charge is 0.235 e. The highest BCUT2D eigenvalue weighted by atomic mass is 16.4. The molecule has 0 aliphatic carbocycles. The fourth-order valence-electron chi connectivity index (χ4n) is 1.76. The lowest BCUT2D eigenvalue weighted by Crippen LogP contribution is -2.03. The summed E-state index contributed by atoms with van der Waals surface area (Å²) in [5.74, 6) is 1.31. The first kappa shape index (κ1) is 11.6. The van der Waals surface area contributed by atoms with Gasteiger partial charge in [0.25, 0.3) is 0 Å². The van der Waals surface area contributed by atoms with Crippen LogP contribution in [0.4, 0.5) is 5.69 Å². The number of aromatic nitrogens is 2. The van der Waals surface area contributed by atoms with Gasteiger partial charge in [0.1, 0.15) is 0 Å². The maximum atomic E-state index is 5.45. The fourth-order valence-corrected chi connectivity index (χ4v) is 1.76. The van der Waals surface area contributed by atoms with Gasteiger partial charge in [-0.05, 0) is 25.0 Å². The Bertz CT molecular complexity index is 485. The normalized spacial score (nSPS) is 10.5. The van der Waals surface area contributed by atoms with Crippen LogP contribution in [0.5, 0.6) is 0 Å². The van der Waals surface area contributed by atoms with E-state index in [0.29, 0.717) is 18.3 Å². The molecule has 90 valence electrons. The van der Waals surface area contributed by atoms with E-state index in [1.165, 1.54) is 11.1 Å². The first-order valence-electron chi connectivity index (χ1n) is 5.82. The molecule has 1 aromatic heterocycles. The van der Waals surface area contributed by atoms with E-state index >= 15 is 0 Å². The van der Waals surface area contributed by atoms with Crippen molar-refractivity contribution in [3.63, 3.8) is 0 Å². The molecule has 4 heteroatoms. The predicted octanol–water partition coefficient (Wildman–Crippen LogP) is 2.86. The first-order chi connectivity index (χ1) is 8.20. The van der Waals surface area contributed by atoms with Crippen molar-refractivity contribution < 1.29 is 4.42 Å². The Kier molecular flexibility index (Phi) is 3.42. The number of anilines is 1. The first-order valence-corrected chi connectivity index (χ1v) is 5.82. The van der Waals surface area contributed by atoms with Crippen LogP contribution in [0.2, 0.25) is 0 Å². The summed E-state index contributed by atoms with van der Waals surface area (Å²) in [6.45, 7) is 6.73. The summed E-state index contributed by atoms with van der Waals surface area (Å²) in [7, 11) is 0. The molecule has 4 nitrogen and oxygen atoms in total. The van der Waals surface area contributed by atoms with Crippen LogP contribution in [0.1, 0.15) is 29.8 Å². The van der Waals surface area contributed by atoms with Gasteiger partial charge in [-0.1, -0.05) is 25.1 Å². The van der Waals surface area contributed by atoms with Gasteiger partial charge in [0, 0.05) is 12.1 Å². The molecule has 0 bridgehead atoms. The van der Waals surface area contributed by atoms with Crippen molar-refractivity contribution in [1.82, 2.24) is 10.2 Å². The number of hydrogen-bond acceptors (Lipinski definition) is 4. The predicted molar refractivity (Wildman–Crippen MR) is 66.9 cm³/mol. The summed E-state index contributed by atoms with van der Waals surface area (Å²) >= 11 is 0. The van der Waals surface area contributed by atoms with E-state index in [0.717, 1.165) is 12.1 Å². The molecule has 1 heterocycles. The molecule has 0 radical (unpaired) electrons. The van der Waals surface area contributed by atoms with Crippen LogP contribution in [0.25, 0.3) is 0 Å². The summed E-state index contributed by atoms with van der Waals surface area (Å²) in [6.07, 6.45) is 0.774. The molecule has 1 N–H and O–H groups in total.